The van der Waals surface area contributed by atoms with E-state index in [9.17, 15) is 13.2 Å². The summed E-state index contributed by atoms with van der Waals surface area (Å²) in [5.41, 5.74) is 4.81. The third-order valence-corrected chi connectivity index (χ3v) is 7.33. The molecule has 0 aromatic heterocycles. The minimum absolute atomic E-state index is 0.00855. The molecule has 3 rings (SSSR count). The second-order valence-electron chi connectivity index (χ2n) is 9.73. The topological polar surface area (TPSA) is 96.5 Å². The molecule has 0 unspecified atom stereocenters. The molecule has 0 aliphatic rings. The molecule has 0 spiro atoms. The number of sulfonamides is 1. The van der Waals surface area contributed by atoms with Gasteiger partial charge in [0.2, 0.25) is 15.9 Å². The normalized spacial score (nSPS) is 11.7. The number of hydrogen-bond acceptors (Lipinski definition) is 5. The van der Waals surface area contributed by atoms with Crippen molar-refractivity contribution in [2.75, 3.05) is 24.2 Å². The fraction of sp³-hybridized carbons (Fsp3) is 0.321. The number of amides is 1. The lowest BCUT2D eigenvalue weighted by atomic mass is 9.86. The second kappa shape index (κ2) is 11.1. The van der Waals surface area contributed by atoms with Gasteiger partial charge < -0.3 is 15.4 Å². The maximum absolute atomic E-state index is 12.9. The first kappa shape index (κ1) is 27.2. The van der Waals surface area contributed by atoms with Crippen molar-refractivity contribution in [2.45, 2.75) is 51.5 Å². The number of nitrogens with one attached hydrogen (secondary N) is 3. The molecular formula is C28H35N3O4S. The molecule has 1 amide bonds. The van der Waals surface area contributed by atoms with E-state index < -0.39 is 10.0 Å². The zero-order valence-electron chi connectivity index (χ0n) is 21.7. The molecule has 0 aliphatic heterocycles. The molecule has 36 heavy (non-hydrogen) atoms. The van der Waals surface area contributed by atoms with E-state index in [4.69, 9.17) is 4.74 Å². The SMILES string of the molecule is CNS(=O)(=O)c1ccc(C(C)(C)C)c(NC(=O)CNc2ccc(C)c(OCc3ccccc3)c2C)c1. The zero-order valence-corrected chi connectivity index (χ0v) is 22.5. The smallest absolute Gasteiger partial charge is 0.243 e. The Morgan fingerprint density at radius 3 is 2.28 bits per heavy atom. The Morgan fingerprint density at radius 2 is 1.64 bits per heavy atom. The molecule has 0 aliphatic carbocycles. The summed E-state index contributed by atoms with van der Waals surface area (Å²) in [5, 5.41) is 6.08. The van der Waals surface area contributed by atoms with Crippen LogP contribution in [0.4, 0.5) is 11.4 Å². The first-order valence-electron chi connectivity index (χ1n) is 11.8. The Bertz CT molecular complexity index is 1330. The van der Waals surface area contributed by atoms with Gasteiger partial charge in [-0.05, 0) is 61.2 Å². The minimum Gasteiger partial charge on any atom is -0.488 e. The van der Waals surface area contributed by atoms with Gasteiger partial charge in [0.05, 0.1) is 11.4 Å². The molecule has 192 valence electrons. The third-order valence-electron chi connectivity index (χ3n) is 5.92. The van der Waals surface area contributed by atoms with Gasteiger partial charge in [-0.15, -0.1) is 0 Å². The van der Waals surface area contributed by atoms with Crippen molar-refractivity contribution in [3.8, 4) is 5.75 Å². The maximum Gasteiger partial charge on any atom is 0.243 e. The molecule has 0 atom stereocenters. The lowest BCUT2D eigenvalue weighted by molar-refractivity contribution is -0.114. The molecule has 0 heterocycles. The first-order chi connectivity index (χ1) is 16.9. The summed E-state index contributed by atoms with van der Waals surface area (Å²) in [6.07, 6.45) is 0. The molecule has 7 nitrogen and oxygen atoms in total. The summed E-state index contributed by atoms with van der Waals surface area (Å²) >= 11 is 0. The van der Waals surface area contributed by atoms with Crippen molar-refractivity contribution in [1.82, 2.24) is 4.72 Å². The summed E-state index contributed by atoms with van der Waals surface area (Å²) in [7, 11) is -2.29. The highest BCUT2D eigenvalue weighted by Crippen LogP contribution is 2.32. The fourth-order valence-electron chi connectivity index (χ4n) is 3.91. The van der Waals surface area contributed by atoms with Gasteiger partial charge in [-0.2, -0.15) is 0 Å². The van der Waals surface area contributed by atoms with Crippen LogP contribution >= 0.6 is 0 Å². The van der Waals surface area contributed by atoms with Gasteiger partial charge in [0.1, 0.15) is 12.4 Å². The number of hydrogen-bond donors (Lipinski definition) is 3. The monoisotopic (exact) mass is 509 g/mol. The van der Waals surface area contributed by atoms with Crippen molar-refractivity contribution >= 4 is 27.3 Å². The molecule has 8 heteroatoms. The highest BCUT2D eigenvalue weighted by molar-refractivity contribution is 7.89. The predicted molar refractivity (Wildman–Crippen MR) is 145 cm³/mol. The van der Waals surface area contributed by atoms with Crippen LogP contribution in [0.2, 0.25) is 0 Å². The number of anilines is 2. The lowest BCUT2D eigenvalue weighted by Crippen LogP contribution is -2.25. The van der Waals surface area contributed by atoms with Gasteiger partial charge in [-0.3, -0.25) is 4.79 Å². The average Bonchev–Trinajstić information content (AvgIpc) is 2.83. The second-order valence-corrected chi connectivity index (χ2v) is 11.6. The number of rotatable bonds is 9. The van der Waals surface area contributed by atoms with Crippen molar-refractivity contribution in [2.24, 2.45) is 0 Å². The number of benzene rings is 3. The Labute approximate surface area is 214 Å². The van der Waals surface area contributed by atoms with Crippen LogP contribution < -0.4 is 20.1 Å². The summed E-state index contributed by atoms with van der Waals surface area (Å²) in [6, 6.07) is 18.6. The van der Waals surface area contributed by atoms with E-state index in [1.54, 1.807) is 12.1 Å². The van der Waals surface area contributed by atoms with Gasteiger partial charge in [-0.25, -0.2) is 13.1 Å². The summed E-state index contributed by atoms with van der Waals surface area (Å²) < 4.78 is 33.0. The van der Waals surface area contributed by atoms with Crippen LogP contribution in [0.5, 0.6) is 5.75 Å². The van der Waals surface area contributed by atoms with Gasteiger partial charge in [0.25, 0.3) is 0 Å². The summed E-state index contributed by atoms with van der Waals surface area (Å²) in [5.74, 6) is 0.496. The zero-order chi connectivity index (χ0) is 26.5. The van der Waals surface area contributed by atoms with Crippen LogP contribution in [-0.4, -0.2) is 27.9 Å². The van der Waals surface area contributed by atoms with Gasteiger partial charge in [0.15, 0.2) is 0 Å². The third kappa shape index (κ3) is 6.65. The van der Waals surface area contributed by atoms with Crippen molar-refractivity contribution in [3.05, 3.63) is 82.9 Å². The van der Waals surface area contributed by atoms with Crippen molar-refractivity contribution < 1.29 is 17.9 Å². The first-order valence-corrected chi connectivity index (χ1v) is 13.3. The van der Waals surface area contributed by atoms with E-state index in [-0.39, 0.29) is 22.8 Å². The Morgan fingerprint density at radius 1 is 0.944 bits per heavy atom. The quantitative estimate of drug-likeness (QED) is 0.371. The molecule has 0 saturated carbocycles. The molecule has 0 fully saturated rings. The predicted octanol–water partition coefficient (Wildman–Crippen LogP) is 5.14. The summed E-state index contributed by atoms with van der Waals surface area (Å²) in [4.78, 5) is 13.0. The minimum atomic E-state index is -3.64. The van der Waals surface area contributed by atoms with E-state index >= 15 is 0 Å². The molecule has 0 radical (unpaired) electrons. The van der Waals surface area contributed by atoms with Crippen LogP contribution in [0.15, 0.2) is 65.6 Å². The fourth-order valence-corrected chi connectivity index (χ4v) is 4.66. The largest absolute Gasteiger partial charge is 0.488 e. The average molecular weight is 510 g/mol. The highest BCUT2D eigenvalue weighted by Gasteiger charge is 2.22. The molecular weight excluding hydrogens is 474 g/mol. The number of carbonyl (C=O) groups is 1. The maximum atomic E-state index is 12.9. The highest BCUT2D eigenvalue weighted by atomic mass is 32.2. The van der Waals surface area contributed by atoms with Crippen molar-refractivity contribution in [3.63, 3.8) is 0 Å². The van der Waals surface area contributed by atoms with Crippen LogP contribution in [0.25, 0.3) is 0 Å². The van der Waals surface area contributed by atoms with Crippen LogP contribution in [0.1, 0.15) is 43.0 Å². The lowest BCUT2D eigenvalue weighted by Gasteiger charge is -2.24. The van der Waals surface area contributed by atoms with Crippen LogP contribution in [0.3, 0.4) is 0 Å². The summed E-state index contributed by atoms with van der Waals surface area (Å²) in [6.45, 7) is 10.4. The van der Waals surface area contributed by atoms with Crippen LogP contribution in [0, 0.1) is 13.8 Å². The molecule has 3 aromatic carbocycles. The number of ether oxygens (including phenoxy) is 1. The van der Waals surface area contributed by atoms with E-state index in [0.717, 1.165) is 33.7 Å². The Kier molecular flexibility index (Phi) is 8.43. The molecule has 3 N–H and O–H groups in total. The van der Waals surface area contributed by atoms with Gasteiger partial charge in [0, 0.05) is 16.9 Å². The Balaban J connectivity index is 1.75. The Hall–Kier alpha value is -3.36. The van der Waals surface area contributed by atoms with E-state index in [0.29, 0.717) is 12.3 Å². The van der Waals surface area contributed by atoms with Crippen LogP contribution in [-0.2, 0) is 26.8 Å². The van der Waals surface area contributed by atoms with Crippen molar-refractivity contribution in [1.29, 1.82) is 0 Å². The van der Waals surface area contributed by atoms with E-state index in [1.807, 2.05) is 77.1 Å². The molecule has 3 aromatic rings. The molecule has 0 saturated heterocycles. The number of carbonyl (C=O) groups excluding carboxylic acids is 1. The van der Waals surface area contributed by atoms with E-state index in [1.165, 1.54) is 13.1 Å². The number of aryl methyl sites for hydroxylation is 1. The standard InChI is InChI=1S/C28H35N3O4S/c1-19-12-15-24(20(2)27(19)35-18-21-10-8-7-9-11-21)30-17-26(32)31-25-16-22(36(33,34)29-6)13-14-23(25)28(3,4)5/h7-16,29-30H,17-18H2,1-6H3,(H,31,32). The van der Waals surface area contributed by atoms with Gasteiger partial charge >= 0.3 is 0 Å². The molecule has 0 bridgehead atoms. The van der Waals surface area contributed by atoms with E-state index in [2.05, 4.69) is 15.4 Å². The van der Waals surface area contributed by atoms with Gasteiger partial charge in [-0.1, -0.05) is 63.2 Å².